The number of halogens is 1. The van der Waals surface area contributed by atoms with Crippen LogP contribution in [0.25, 0.3) is 0 Å². The van der Waals surface area contributed by atoms with Gasteiger partial charge in [0.15, 0.2) is 0 Å². The van der Waals surface area contributed by atoms with Gasteiger partial charge in [-0.15, -0.1) is 0 Å². The van der Waals surface area contributed by atoms with E-state index >= 15 is 0 Å². The molecular weight excluding hydrogens is 295 g/mol. The predicted molar refractivity (Wildman–Crippen MR) is 87.2 cm³/mol. The van der Waals surface area contributed by atoms with Gasteiger partial charge in [0.05, 0.1) is 7.11 Å². The van der Waals surface area contributed by atoms with E-state index in [2.05, 4.69) is 10.6 Å². The zero-order chi connectivity index (χ0) is 16.2. The van der Waals surface area contributed by atoms with Crippen molar-refractivity contribution in [2.24, 2.45) is 0 Å². The number of amides is 1. The van der Waals surface area contributed by atoms with Crippen LogP contribution in [0.1, 0.15) is 28.8 Å². The summed E-state index contributed by atoms with van der Waals surface area (Å²) in [6.45, 7) is 0.474. The van der Waals surface area contributed by atoms with Crippen LogP contribution in [0.5, 0.6) is 5.75 Å². The number of anilines is 1. The Hall–Kier alpha value is -2.56. The molecule has 0 spiro atoms. The lowest BCUT2D eigenvalue weighted by Gasteiger charge is -2.09. The first-order valence-electron chi connectivity index (χ1n) is 7.62. The van der Waals surface area contributed by atoms with Gasteiger partial charge in [0.25, 0.3) is 5.91 Å². The van der Waals surface area contributed by atoms with Gasteiger partial charge in [-0.1, -0.05) is 0 Å². The van der Waals surface area contributed by atoms with Gasteiger partial charge in [-0.3, -0.25) is 4.79 Å². The second kappa shape index (κ2) is 6.69. The number of methoxy groups -OCH3 is 1. The molecule has 0 bridgehead atoms. The average Bonchev–Trinajstić information content (AvgIpc) is 3.36. The SMILES string of the molecule is COc1cc(F)cc(CNc2ccc(C(=O)NC3CC3)cc2)c1. The molecule has 2 aromatic carbocycles. The van der Waals surface area contributed by atoms with E-state index < -0.39 is 0 Å². The van der Waals surface area contributed by atoms with E-state index in [1.807, 2.05) is 12.1 Å². The van der Waals surface area contributed by atoms with Crippen LogP contribution in [0.4, 0.5) is 10.1 Å². The quantitative estimate of drug-likeness (QED) is 0.860. The highest BCUT2D eigenvalue weighted by Crippen LogP contribution is 2.20. The van der Waals surface area contributed by atoms with Gasteiger partial charge in [0.2, 0.25) is 0 Å². The molecule has 1 aliphatic rings. The molecule has 0 atom stereocenters. The van der Waals surface area contributed by atoms with E-state index in [1.165, 1.54) is 19.2 Å². The molecule has 0 aliphatic heterocycles. The Morgan fingerprint density at radius 1 is 1.22 bits per heavy atom. The highest BCUT2D eigenvalue weighted by atomic mass is 19.1. The predicted octanol–water partition coefficient (Wildman–Crippen LogP) is 3.34. The van der Waals surface area contributed by atoms with E-state index in [-0.39, 0.29) is 11.7 Å². The first-order valence-corrected chi connectivity index (χ1v) is 7.62. The van der Waals surface area contributed by atoms with Crippen molar-refractivity contribution in [2.75, 3.05) is 12.4 Å². The van der Waals surface area contributed by atoms with Gasteiger partial charge in [-0.2, -0.15) is 0 Å². The molecule has 1 aliphatic carbocycles. The third-order valence-corrected chi connectivity index (χ3v) is 3.72. The zero-order valence-corrected chi connectivity index (χ0v) is 12.9. The van der Waals surface area contributed by atoms with Gasteiger partial charge in [-0.05, 0) is 54.8 Å². The zero-order valence-electron chi connectivity index (χ0n) is 12.9. The molecular formula is C18H19FN2O2. The minimum atomic E-state index is -0.326. The van der Waals surface area contributed by atoms with Crippen molar-refractivity contribution in [1.29, 1.82) is 0 Å². The highest BCUT2D eigenvalue weighted by molar-refractivity contribution is 5.94. The Kier molecular flexibility index (Phi) is 4.46. The van der Waals surface area contributed by atoms with Crippen LogP contribution < -0.4 is 15.4 Å². The molecule has 3 rings (SSSR count). The van der Waals surface area contributed by atoms with E-state index in [4.69, 9.17) is 4.74 Å². The fourth-order valence-electron chi connectivity index (χ4n) is 2.28. The van der Waals surface area contributed by atoms with Crippen LogP contribution in [0.15, 0.2) is 42.5 Å². The van der Waals surface area contributed by atoms with Crippen LogP contribution in [-0.2, 0) is 6.54 Å². The van der Waals surface area contributed by atoms with Crippen molar-refractivity contribution in [3.8, 4) is 5.75 Å². The van der Waals surface area contributed by atoms with Gasteiger partial charge < -0.3 is 15.4 Å². The number of carbonyl (C=O) groups excluding carboxylic acids is 1. The minimum Gasteiger partial charge on any atom is -0.497 e. The Labute approximate surface area is 134 Å². The van der Waals surface area contributed by atoms with Gasteiger partial charge in [0.1, 0.15) is 11.6 Å². The monoisotopic (exact) mass is 314 g/mol. The molecule has 120 valence electrons. The number of carbonyl (C=O) groups is 1. The summed E-state index contributed by atoms with van der Waals surface area (Å²) in [6.07, 6.45) is 2.14. The number of rotatable bonds is 6. The largest absolute Gasteiger partial charge is 0.497 e. The lowest BCUT2D eigenvalue weighted by Crippen LogP contribution is -2.25. The maximum absolute atomic E-state index is 13.4. The van der Waals surface area contributed by atoms with E-state index in [9.17, 15) is 9.18 Å². The van der Waals surface area contributed by atoms with E-state index in [0.29, 0.717) is 23.9 Å². The molecule has 0 aromatic heterocycles. The Morgan fingerprint density at radius 2 is 1.96 bits per heavy atom. The second-order valence-corrected chi connectivity index (χ2v) is 5.68. The van der Waals surface area contributed by atoms with E-state index in [0.717, 1.165) is 24.1 Å². The Balaban J connectivity index is 1.59. The third-order valence-electron chi connectivity index (χ3n) is 3.72. The number of ether oxygens (including phenoxy) is 1. The summed E-state index contributed by atoms with van der Waals surface area (Å²) in [5.41, 5.74) is 2.31. The molecule has 4 nitrogen and oxygen atoms in total. The number of hydrogen-bond donors (Lipinski definition) is 2. The third kappa shape index (κ3) is 4.22. The summed E-state index contributed by atoms with van der Waals surface area (Å²) in [7, 11) is 1.51. The molecule has 2 aromatic rings. The van der Waals surface area contributed by atoms with Crippen molar-refractivity contribution < 1.29 is 13.9 Å². The van der Waals surface area contributed by atoms with Crippen molar-refractivity contribution in [1.82, 2.24) is 5.32 Å². The van der Waals surface area contributed by atoms with Gasteiger partial charge in [-0.25, -0.2) is 4.39 Å². The van der Waals surface area contributed by atoms with Crippen LogP contribution in [0.3, 0.4) is 0 Å². The molecule has 5 heteroatoms. The number of hydrogen-bond acceptors (Lipinski definition) is 3. The van der Waals surface area contributed by atoms with Gasteiger partial charge in [0, 0.05) is 29.9 Å². The second-order valence-electron chi connectivity index (χ2n) is 5.68. The summed E-state index contributed by atoms with van der Waals surface area (Å²) in [6, 6.07) is 12.2. The van der Waals surface area contributed by atoms with Crippen LogP contribution in [0.2, 0.25) is 0 Å². The summed E-state index contributed by atoms with van der Waals surface area (Å²) in [5, 5.41) is 6.16. The van der Waals surface area contributed by atoms with Crippen molar-refractivity contribution in [2.45, 2.75) is 25.4 Å². The lowest BCUT2D eigenvalue weighted by atomic mass is 10.1. The molecule has 0 unspecified atom stereocenters. The number of nitrogens with one attached hydrogen (secondary N) is 2. The lowest BCUT2D eigenvalue weighted by molar-refractivity contribution is 0.0951. The molecule has 2 N–H and O–H groups in total. The fraction of sp³-hybridized carbons (Fsp3) is 0.278. The molecule has 1 fully saturated rings. The van der Waals surface area contributed by atoms with Crippen molar-refractivity contribution in [3.63, 3.8) is 0 Å². The summed E-state index contributed by atoms with van der Waals surface area (Å²) < 4.78 is 18.5. The maximum atomic E-state index is 13.4. The maximum Gasteiger partial charge on any atom is 0.251 e. The summed E-state index contributed by atoms with van der Waals surface area (Å²) in [5.74, 6) is 0.135. The smallest absolute Gasteiger partial charge is 0.251 e. The summed E-state index contributed by atoms with van der Waals surface area (Å²) in [4.78, 5) is 11.9. The van der Waals surface area contributed by atoms with Crippen LogP contribution >= 0.6 is 0 Å². The first kappa shape index (κ1) is 15.3. The topological polar surface area (TPSA) is 50.4 Å². The molecule has 23 heavy (non-hydrogen) atoms. The molecule has 1 saturated carbocycles. The van der Waals surface area contributed by atoms with Gasteiger partial charge >= 0.3 is 0 Å². The standard InChI is InChI=1S/C18H19FN2O2/c1-23-17-9-12(8-14(19)10-17)11-20-15-4-2-13(3-5-15)18(22)21-16-6-7-16/h2-5,8-10,16,20H,6-7,11H2,1H3,(H,21,22). The van der Waals surface area contributed by atoms with Crippen LogP contribution in [0, 0.1) is 5.82 Å². The normalized spacial score (nSPS) is 13.5. The molecule has 0 saturated heterocycles. The Morgan fingerprint density at radius 3 is 2.61 bits per heavy atom. The highest BCUT2D eigenvalue weighted by Gasteiger charge is 2.23. The Bertz CT molecular complexity index is 697. The number of benzene rings is 2. The summed E-state index contributed by atoms with van der Waals surface area (Å²) >= 11 is 0. The molecule has 1 amide bonds. The molecule has 0 radical (unpaired) electrons. The van der Waals surface area contributed by atoms with Crippen molar-refractivity contribution >= 4 is 11.6 Å². The molecule has 0 heterocycles. The fourth-order valence-corrected chi connectivity index (χ4v) is 2.28. The first-order chi connectivity index (χ1) is 11.1. The van der Waals surface area contributed by atoms with Crippen LogP contribution in [-0.4, -0.2) is 19.1 Å². The minimum absolute atomic E-state index is 0.0334. The average molecular weight is 314 g/mol. The van der Waals surface area contributed by atoms with E-state index in [1.54, 1.807) is 18.2 Å². The van der Waals surface area contributed by atoms with Crippen molar-refractivity contribution in [3.05, 3.63) is 59.4 Å².